The number of ether oxygens (including phenoxy) is 2. The fourth-order valence-electron chi connectivity index (χ4n) is 5.63. The van der Waals surface area contributed by atoms with Gasteiger partial charge in [0.25, 0.3) is 5.78 Å². The highest BCUT2D eigenvalue weighted by atomic mass is 19.1. The maximum atomic E-state index is 14.6. The average molecular weight is 495 g/mol. The van der Waals surface area contributed by atoms with Gasteiger partial charge in [-0.05, 0) is 63.1 Å². The number of benzene rings is 1. The quantitative estimate of drug-likeness (QED) is 0.473. The second-order valence-electron chi connectivity index (χ2n) is 9.95. The molecule has 3 heterocycles. The van der Waals surface area contributed by atoms with Crippen molar-refractivity contribution < 1.29 is 23.8 Å². The number of esters is 1. The van der Waals surface area contributed by atoms with E-state index in [1.54, 1.807) is 16.6 Å². The van der Waals surface area contributed by atoms with Gasteiger partial charge in [0, 0.05) is 30.3 Å². The van der Waals surface area contributed by atoms with E-state index in [0.717, 1.165) is 37.1 Å². The van der Waals surface area contributed by atoms with Crippen LogP contribution < -0.4 is 4.74 Å². The molecule has 0 bridgehead atoms. The molecule has 5 rings (SSSR count). The number of aliphatic hydroxyl groups is 1. The Morgan fingerprint density at radius 2 is 2.00 bits per heavy atom. The highest BCUT2D eigenvalue weighted by Gasteiger charge is 2.48. The zero-order chi connectivity index (χ0) is 25.4. The predicted octanol–water partition coefficient (Wildman–Crippen LogP) is 4.75. The van der Waals surface area contributed by atoms with E-state index in [9.17, 15) is 14.3 Å². The number of cyclic esters (lactones) is 1. The van der Waals surface area contributed by atoms with Gasteiger partial charge in [0.2, 0.25) is 0 Å². The van der Waals surface area contributed by atoms with Crippen LogP contribution in [0.3, 0.4) is 0 Å². The Labute approximate surface area is 209 Å². The molecule has 8 nitrogen and oxygen atoms in total. The Balaban J connectivity index is 1.41. The normalized spacial score (nSPS) is 20.8. The molecule has 1 saturated carbocycles. The van der Waals surface area contributed by atoms with Crippen LogP contribution in [0, 0.1) is 25.6 Å². The number of fused-ring (bicyclic) bond motifs is 1. The molecule has 0 saturated heterocycles. The van der Waals surface area contributed by atoms with Gasteiger partial charge in [0.15, 0.2) is 5.82 Å². The predicted molar refractivity (Wildman–Crippen MR) is 130 cm³/mol. The summed E-state index contributed by atoms with van der Waals surface area (Å²) in [4.78, 5) is 22.1. The van der Waals surface area contributed by atoms with E-state index < -0.39 is 11.6 Å². The van der Waals surface area contributed by atoms with Crippen LogP contribution in [-0.2, 0) is 22.4 Å². The fourth-order valence-corrected chi connectivity index (χ4v) is 5.63. The Morgan fingerprint density at radius 1 is 1.22 bits per heavy atom. The summed E-state index contributed by atoms with van der Waals surface area (Å²) in [6.07, 6.45) is 5.02. The summed E-state index contributed by atoms with van der Waals surface area (Å²) >= 11 is 0. The first-order valence-corrected chi connectivity index (χ1v) is 12.4. The summed E-state index contributed by atoms with van der Waals surface area (Å²) < 4.78 is 27.5. The number of halogens is 1. The zero-order valence-electron chi connectivity index (χ0n) is 20.9. The number of nitrogens with zero attached hydrogens (tertiary/aromatic N) is 4. The first-order chi connectivity index (χ1) is 17.3. The van der Waals surface area contributed by atoms with Crippen LogP contribution in [-0.4, -0.2) is 43.4 Å². The van der Waals surface area contributed by atoms with Crippen molar-refractivity contribution in [1.29, 1.82) is 0 Å². The molecule has 1 aliphatic carbocycles. The molecule has 1 aromatic carbocycles. The Kier molecular flexibility index (Phi) is 6.40. The van der Waals surface area contributed by atoms with Crippen molar-refractivity contribution in [3.63, 3.8) is 0 Å². The van der Waals surface area contributed by atoms with Crippen LogP contribution in [0.5, 0.6) is 5.75 Å². The molecule has 2 aliphatic rings. The highest BCUT2D eigenvalue weighted by molar-refractivity contribution is 5.90. The lowest BCUT2D eigenvalue weighted by atomic mass is 9.76. The van der Waals surface area contributed by atoms with Gasteiger partial charge in [-0.1, -0.05) is 18.9 Å². The molecule has 3 aromatic rings. The molecule has 36 heavy (non-hydrogen) atoms. The van der Waals surface area contributed by atoms with Crippen molar-refractivity contribution in [2.75, 3.05) is 7.11 Å². The van der Waals surface area contributed by atoms with E-state index in [1.807, 2.05) is 19.9 Å². The van der Waals surface area contributed by atoms with E-state index in [4.69, 9.17) is 9.47 Å². The second kappa shape index (κ2) is 9.52. The molecule has 190 valence electrons. The van der Waals surface area contributed by atoms with Crippen LogP contribution in [0.2, 0.25) is 0 Å². The molecule has 0 spiro atoms. The minimum atomic E-state index is -0.866. The van der Waals surface area contributed by atoms with Gasteiger partial charge < -0.3 is 14.6 Å². The number of aliphatic hydroxyl groups excluding tert-OH is 1. The van der Waals surface area contributed by atoms with Gasteiger partial charge in [-0.2, -0.15) is 4.98 Å². The monoisotopic (exact) mass is 494 g/mol. The van der Waals surface area contributed by atoms with E-state index >= 15 is 0 Å². The van der Waals surface area contributed by atoms with Crippen molar-refractivity contribution in [2.24, 2.45) is 5.92 Å². The third-order valence-electron chi connectivity index (χ3n) is 7.53. The van der Waals surface area contributed by atoms with Crippen LogP contribution in [0.1, 0.15) is 61.3 Å². The molecule has 1 aliphatic heterocycles. The Hall–Kier alpha value is -3.49. The smallest absolute Gasteiger partial charge is 0.338 e. The number of carbonyl (C=O) groups is 1. The lowest BCUT2D eigenvalue weighted by Gasteiger charge is -2.41. The molecule has 9 heteroatoms. The van der Waals surface area contributed by atoms with Crippen molar-refractivity contribution in [3.8, 4) is 5.75 Å². The topological polar surface area (TPSA) is 98.8 Å². The van der Waals surface area contributed by atoms with Crippen molar-refractivity contribution >= 4 is 11.7 Å². The molecule has 1 N–H and O–H groups in total. The van der Waals surface area contributed by atoms with Crippen molar-refractivity contribution in [1.82, 2.24) is 19.6 Å². The number of carbonyl (C=O) groups excluding carboxylic acids is 1. The standard InChI is InChI=1S/C27H31FN4O4/c1-16-12-17(2)32-26(29-16)30-24(31-32)14-21-23(33)15-27(36-25(21)34,19-6-4-5-7-19)11-10-18-8-9-20(35-3)13-22(18)28/h8-9,12-13,19,33H,4-7,10-11,14-15H2,1-3H3. The molecular formula is C27H31FN4O4. The van der Waals surface area contributed by atoms with Gasteiger partial charge in [-0.25, -0.2) is 18.7 Å². The minimum Gasteiger partial charge on any atom is -0.512 e. The van der Waals surface area contributed by atoms with Gasteiger partial charge >= 0.3 is 5.97 Å². The molecule has 0 amide bonds. The Morgan fingerprint density at radius 3 is 2.69 bits per heavy atom. The Bertz CT molecular complexity index is 1350. The minimum absolute atomic E-state index is 0.00747. The van der Waals surface area contributed by atoms with Crippen molar-refractivity contribution in [3.05, 3.63) is 64.2 Å². The number of methoxy groups -OCH3 is 1. The number of hydrogen-bond acceptors (Lipinski definition) is 7. The molecular weight excluding hydrogens is 463 g/mol. The largest absolute Gasteiger partial charge is 0.512 e. The molecule has 1 fully saturated rings. The van der Waals surface area contributed by atoms with Crippen molar-refractivity contribution in [2.45, 2.75) is 70.8 Å². The van der Waals surface area contributed by atoms with Gasteiger partial charge in [-0.3, -0.25) is 0 Å². The van der Waals surface area contributed by atoms with Crippen LogP contribution in [0.15, 0.2) is 35.6 Å². The molecule has 2 aromatic heterocycles. The van der Waals surface area contributed by atoms with E-state index in [1.165, 1.54) is 13.2 Å². The van der Waals surface area contributed by atoms with E-state index in [0.29, 0.717) is 35.8 Å². The molecule has 0 radical (unpaired) electrons. The maximum absolute atomic E-state index is 14.6. The summed E-state index contributed by atoms with van der Waals surface area (Å²) in [6, 6.07) is 6.69. The van der Waals surface area contributed by atoms with E-state index in [2.05, 4.69) is 15.1 Å². The first-order valence-electron chi connectivity index (χ1n) is 12.4. The number of hydrogen-bond donors (Lipinski definition) is 1. The van der Waals surface area contributed by atoms with Crippen LogP contribution in [0.4, 0.5) is 4.39 Å². The van der Waals surface area contributed by atoms with E-state index in [-0.39, 0.29) is 35.9 Å². The lowest BCUT2D eigenvalue weighted by molar-refractivity contribution is -0.167. The fraction of sp³-hybridized carbons (Fsp3) is 0.481. The van der Waals surface area contributed by atoms with Gasteiger partial charge in [0.05, 0.1) is 12.7 Å². The van der Waals surface area contributed by atoms with Crippen LogP contribution in [0.25, 0.3) is 5.78 Å². The van der Waals surface area contributed by atoms with Gasteiger partial charge in [0.1, 0.15) is 22.9 Å². The third kappa shape index (κ3) is 4.54. The summed E-state index contributed by atoms with van der Waals surface area (Å²) in [5.74, 6) is 0.521. The van der Waals surface area contributed by atoms with Gasteiger partial charge in [-0.15, -0.1) is 5.10 Å². The number of rotatable bonds is 7. The van der Waals surface area contributed by atoms with Crippen LogP contribution >= 0.6 is 0 Å². The summed E-state index contributed by atoms with van der Waals surface area (Å²) in [7, 11) is 1.50. The maximum Gasteiger partial charge on any atom is 0.338 e. The SMILES string of the molecule is COc1ccc(CCC2(C3CCCC3)CC(O)=C(Cc3nc4nc(C)cc(C)n4n3)C(=O)O2)c(F)c1. The third-order valence-corrected chi connectivity index (χ3v) is 7.53. The zero-order valence-corrected chi connectivity index (χ0v) is 20.9. The molecule has 1 unspecified atom stereocenters. The average Bonchev–Trinajstić information content (AvgIpc) is 3.51. The number of aromatic nitrogens is 4. The number of aryl methyl sites for hydroxylation is 3. The first kappa shape index (κ1) is 24.2. The lowest BCUT2D eigenvalue weighted by Crippen LogP contribution is -2.46. The highest BCUT2D eigenvalue weighted by Crippen LogP contribution is 2.46. The summed E-state index contributed by atoms with van der Waals surface area (Å²) in [5, 5.41) is 15.6. The summed E-state index contributed by atoms with van der Waals surface area (Å²) in [5.41, 5.74) is 1.55. The molecule has 1 atom stereocenters. The summed E-state index contributed by atoms with van der Waals surface area (Å²) in [6.45, 7) is 3.79. The second-order valence-corrected chi connectivity index (χ2v) is 9.95.